The Labute approximate surface area is 102 Å². The molecule has 1 atom stereocenters. The van der Waals surface area contributed by atoms with Crippen LogP contribution in [0.1, 0.15) is 0 Å². The summed E-state index contributed by atoms with van der Waals surface area (Å²) in [5.41, 5.74) is 0.706. The summed E-state index contributed by atoms with van der Waals surface area (Å²) in [6, 6.07) is 9.07. The van der Waals surface area contributed by atoms with E-state index in [1.54, 1.807) is 12.1 Å². The number of nitrogens with zero attached hydrogens (tertiary/aromatic N) is 3. The standard InChI is InChI=1S/C8H6N3O4PS/c12-16(15-17)13-7-9-8(14-16)11(10-7)6-4-2-1-3-5-6/h1-5,17H. The Bertz CT molecular complexity index is 602. The SMILES string of the molecule is O=P1(OS)Oc2nc(n(-c3ccccc3)n2)O1. The summed E-state index contributed by atoms with van der Waals surface area (Å²) in [6.07, 6.45) is 0. The van der Waals surface area contributed by atoms with Crippen molar-refractivity contribution in [1.29, 1.82) is 0 Å². The predicted molar refractivity (Wildman–Crippen MR) is 60.3 cm³/mol. The number of phosphoric acid groups is 1. The highest BCUT2D eigenvalue weighted by atomic mass is 32.1. The van der Waals surface area contributed by atoms with E-state index < -0.39 is 7.82 Å². The number of thiol groups is 1. The van der Waals surface area contributed by atoms with Crippen LogP contribution in [0.25, 0.3) is 5.69 Å². The smallest absolute Gasteiger partial charge is 0.358 e. The minimum absolute atomic E-state index is 0.0369. The number of hydrogen-bond acceptors (Lipinski definition) is 7. The lowest BCUT2D eigenvalue weighted by Crippen LogP contribution is -2.06. The molecule has 1 aromatic heterocycles. The number of fused-ring (bicyclic) bond motifs is 2. The monoisotopic (exact) mass is 271 g/mol. The first-order valence-corrected chi connectivity index (χ1v) is 6.38. The molecular weight excluding hydrogens is 265 g/mol. The van der Waals surface area contributed by atoms with Crippen LogP contribution in [0.4, 0.5) is 0 Å². The van der Waals surface area contributed by atoms with Crippen LogP contribution in [-0.4, -0.2) is 14.8 Å². The van der Waals surface area contributed by atoms with Crippen molar-refractivity contribution in [3.05, 3.63) is 30.3 Å². The summed E-state index contributed by atoms with van der Waals surface area (Å²) >= 11 is 3.43. The third kappa shape index (κ3) is 1.80. The van der Waals surface area contributed by atoms with Crippen molar-refractivity contribution in [2.24, 2.45) is 0 Å². The number of para-hydroxylation sites is 1. The van der Waals surface area contributed by atoms with Gasteiger partial charge in [-0.25, -0.2) is 4.57 Å². The van der Waals surface area contributed by atoms with Gasteiger partial charge in [0.15, 0.2) is 0 Å². The van der Waals surface area contributed by atoms with Gasteiger partial charge >= 0.3 is 19.8 Å². The summed E-state index contributed by atoms with van der Waals surface area (Å²) < 4.78 is 27.2. The van der Waals surface area contributed by atoms with Gasteiger partial charge in [-0.3, -0.25) is 0 Å². The van der Waals surface area contributed by atoms with Gasteiger partial charge in [0, 0.05) is 0 Å². The zero-order chi connectivity index (χ0) is 11.9. The number of aromatic nitrogens is 3. The van der Waals surface area contributed by atoms with Crippen LogP contribution in [0.2, 0.25) is 0 Å². The second kappa shape index (κ2) is 3.76. The highest BCUT2D eigenvalue weighted by molar-refractivity contribution is 7.80. The van der Waals surface area contributed by atoms with Crippen LogP contribution in [0.3, 0.4) is 0 Å². The molecule has 88 valence electrons. The molecule has 0 spiro atoms. The maximum absolute atomic E-state index is 11.7. The van der Waals surface area contributed by atoms with Crippen molar-refractivity contribution in [3.8, 4) is 17.7 Å². The molecule has 0 saturated heterocycles. The topological polar surface area (TPSA) is 75.5 Å². The summed E-state index contributed by atoms with van der Waals surface area (Å²) in [4.78, 5) is 3.86. The molecule has 1 aliphatic rings. The number of benzene rings is 1. The Balaban J connectivity index is 2.06. The van der Waals surface area contributed by atoms with Crippen LogP contribution in [0.15, 0.2) is 30.3 Å². The first kappa shape index (κ1) is 10.6. The zero-order valence-electron chi connectivity index (χ0n) is 8.26. The molecule has 17 heavy (non-hydrogen) atoms. The Morgan fingerprint density at radius 3 is 2.76 bits per heavy atom. The van der Waals surface area contributed by atoms with Crippen LogP contribution in [0.5, 0.6) is 12.0 Å². The predicted octanol–water partition coefficient (Wildman–Crippen LogP) is 2.01. The quantitative estimate of drug-likeness (QED) is 0.511. The molecule has 0 fully saturated rings. The molecule has 0 N–H and O–H groups in total. The van der Waals surface area contributed by atoms with Gasteiger partial charge in [-0.05, 0) is 25.0 Å². The summed E-state index contributed by atoms with van der Waals surface area (Å²) in [7, 11) is -3.74. The highest BCUT2D eigenvalue weighted by Crippen LogP contribution is 2.53. The highest BCUT2D eigenvalue weighted by Gasteiger charge is 2.39. The molecule has 0 radical (unpaired) electrons. The third-order valence-electron chi connectivity index (χ3n) is 2.05. The summed E-state index contributed by atoms with van der Waals surface area (Å²) in [5, 5.41) is 3.98. The average molecular weight is 271 g/mol. The van der Waals surface area contributed by atoms with Crippen LogP contribution in [-0.2, 0) is 8.54 Å². The van der Waals surface area contributed by atoms with Gasteiger partial charge in [-0.2, -0.15) is 8.65 Å². The van der Waals surface area contributed by atoms with E-state index in [0.29, 0.717) is 5.69 Å². The lowest BCUT2D eigenvalue weighted by Gasteiger charge is -2.14. The van der Waals surface area contributed by atoms with Crippen molar-refractivity contribution in [2.75, 3.05) is 0 Å². The Morgan fingerprint density at radius 2 is 2.06 bits per heavy atom. The van der Waals surface area contributed by atoms with Gasteiger partial charge in [-0.1, -0.05) is 18.2 Å². The zero-order valence-corrected chi connectivity index (χ0v) is 10.0. The van der Waals surface area contributed by atoms with Crippen molar-refractivity contribution >= 4 is 20.7 Å². The van der Waals surface area contributed by atoms with Gasteiger partial charge in [0.1, 0.15) is 0 Å². The van der Waals surface area contributed by atoms with E-state index >= 15 is 0 Å². The fraction of sp³-hybridized carbons (Fsp3) is 0. The molecule has 0 saturated carbocycles. The van der Waals surface area contributed by atoms with Crippen molar-refractivity contribution in [1.82, 2.24) is 14.8 Å². The van der Waals surface area contributed by atoms with E-state index in [0.717, 1.165) is 0 Å². The Morgan fingerprint density at radius 1 is 1.29 bits per heavy atom. The van der Waals surface area contributed by atoms with E-state index in [-0.39, 0.29) is 12.0 Å². The molecule has 3 rings (SSSR count). The first-order chi connectivity index (χ1) is 8.20. The minimum atomic E-state index is -3.74. The fourth-order valence-electron chi connectivity index (χ4n) is 1.37. The average Bonchev–Trinajstić information content (AvgIpc) is 2.66. The van der Waals surface area contributed by atoms with Crippen molar-refractivity contribution in [3.63, 3.8) is 0 Å². The molecule has 2 heterocycles. The molecule has 0 amide bonds. The maximum atomic E-state index is 11.7. The van der Waals surface area contributed by atoms with Gasteiger partial charge < -0.3 is 9.05 Å². The number of hydrogen-bond donors (Lipinski definition) is 1. The molecule has 2 aromatic rings. The molecule has 1 aromatic carbocycles. The molecular formula is C8H6N3O4PS. The molecule has 1 unspecified atom stereocenters. The van der Waals surface area contributed by atoms with Crippen LogP contribution >= 0.6 is 20.7 Å². The van der Waals surface area contributed by atoms with Crippen molar-refractivity contribution < 1.29 is 17.6 Å². The second-order valence-electron chi connectivity index (χ2n) is 3.14. The molecule has 9 heteroatoms. The molecule has 0 aliphatic carbocycles. The lowest BCUT2D eigenvalue weighted by atomic mass is 10.3. The van der Waals surface area contributed by atoms with E-state index in [2.05, 4.69) is 27.0 Å². The van der Waals surface area contributed by atoms with E-state index in [1.165, 1.54) is 4.68 Å². The number of phosphoric ester groups is 1. The van der Waals surface area contributed by atoms with Gasteiger partial charge in [-0.15, -0.1) is 10.1 Å². The fourth-order valence-corrected chi connectivity index (χ4v) is 2.27. The normalized spacial score (nSPS) is 21.7. The van der Waals surface area contributed by atoms with Crippen LogP contribution < -0.4 is 9.05 Å². The number of rotatable bonds is 2. The minimum Gasteiger partial charge on any atom is -0.358 e. The largest absolute Gasteiger partial charge is 0.603 e. The van der Waals surface area contributed by atoms with E-state index in [9.17, 15) is 4.57 Å². The lowest BCUT2D eigenvalue weighted by molar-refractivity contribution is 0.287. The van der Waals surface area contributed by atoms with Gasteiger partial charge in [0.25, 0.3) is 0 Å². The third-order valence-corrected chi connectivity index (χ3v) is 3.62. The first-order valence-electron chi connectivity index (χ1n) is 4.55. The second-order valence-corrected chi connectivity index (χ2v) is 5.05. The molecule has 1 aliphatic heterocycles. The van der Waals surface area contributed by atoms with Crippen molar-refractivity contribution in [2.45, 2.75) is 0 Å². The van der Waals surface area contributed by atoms with E-state index in [4.69, 9.17) is 9.05 Å². The molecule has 7 nitrogen and oxygen atoms in total. The Kier molecular flexibility index (Phi) is 2.36. The Hall–Kier alpha value is -1.50. The summed E-state index contributed by atoms with van der Waals surface area (Å²) in [5.74, 6) is 0. The van der Waals surface area contributed by atoms with E-state index in [1.807, 2.05) is 18.2 Å². The summed E-state index contributed by atoms with van der Waals surface area (Å²) in [6.45, 7) is 0. The maximum Gasteiger partial charge on any atom is 0.603 e. The molecule has 2 bridgehead atoms. The van der Waals surface area contributed by atoms with Crippen LogP contribution in [0, 0.1) is 0 Å². The van der Waals surface area contributed by atoms with Gasteiger partial charge in [0.2, 0.25) is 0 Å². The van der Waals surface area contributed by atoms with Gasteiger partial charge in [0.05, 0.1) is 5.69 Å².